The van der Waals surface area contributed by atoms with Crippen molar-refractivity contribution in [3.05, 3.63) is 125 Å². The van der Waals surface area contributed by atoms with E-state index in [1.165, 1.54) is 0 Å². The lowest BCUT2D eigenvalue weighted by atomic mass is 9.75. The first-order chi connectivity index (χ1) is 20.0. The minimum absolute atomic E-state index is 0.264. The number of Topliss-reactive ketones (excluding diaryl/α,β-unsaturated/α-hetero) is 2. The van der Waals surface area contributed by atoms with E-state index in [4.69, 9.17) is 22.7 Å². The molecule has 0 radical (unpaired) electrons. The van der Waals surface area contributed by atoms with Gasteiger partial charge in [0.2, 0.25) is 0 Å². The molecule has 1 aliphatic rings. The molecule has 0 saturated heterocycles. The number of thiocarbonyl (C=S) groups is 1. The second kappa shape index (κ2) is 12.6. The van der Waals surface area contributed by atoms with Crippen molar-refractivity contribution in [3.8, 4) is 10.8 Å². The van der Waals surface area contributed by atoms with Crippen molar-refractivity contribution in [1.82, 2.24) is 0 Å². The van der Waals surface area contributed by atoms with Gasteiger partial charge in [-0.2, -0.15) is 15.5 Å². The summed E-state index contributed by atoms with van der Waals surface area (Å²) in [4.78, 5) is 34.6. The number of rotatable bonds is 7. The van der Waals surface area contributed by atoms with Gasteiger partial charge in [0, 0.05) is 32.1 Å². The standard InChI is InChI=1S/C33H17N3O2S3/c34-18-40-26-14-8-23(9-15-26)30-31(24-10-16-27(17-11-24)41-19-35)33(38)29(22-6-12-25(13-7-22)36-20-39)28(32(30)37)21-4-2-1-3-5-21/h1-17H. The maximum atomic E-state index is 14.6. The van der Waals surface area contributed by atoms with E-state index in [0.29, 0.717) is 33.5 Å². The number of nitrogens with zero attached hydrogens (tertiary/aromatic N) is 3. The van der Waals surface area contributed by atoms with E-state index in [1.807, 2.05) is 41.1 Å². The zero-order valence-corrected chi connectivity index (χ0v) is 23.6. The van der Waals surface area contributed by atoms with Gasteiger partial charge >= 0.3 is 0 Å². The second-order valence-corrected chi connectivity index (χ2v) is 10.6. The topological polar surface area (TPSA) is 94.1 Å². The van der Waals surface area contributed by atoms with Crippen molar-refractivity contribution in [3.63, 3.8) is 0 Å². The predicted octanol–water partition coefficient (Wildman–Crippen LogP) is 8.24. The zero-order chi connectivity index (χ0) is 28.8. The Kier molecular flexibility index (Phi) is 8.50. The largest absolute Gasteiger partial charge is 0.289 e. The summed E-state index contributed by atoms with van der Waals surface area (Å²) in [5.74, 6) is -0.598. The van der Waals surface area contributed by atoms with Gasteiger partial charge in [-0.05, 0) is 94.4 Å². The molecule has 194 valence electrons. The zero-order valence-electron chi connectivity index (χ0n) is 21.2. The number of benzene rings is 4. The molecule has 0 amide bonds. The molecule has 1 aliphatic carbocycles. The van der Waals surface area contributed by atoms with Gasteiger partial charge in [-0.3, -0.25) is 9.59 Å². The fourth-order valence-electron chi connectivity index (χ4n) is 4.65. The molecule has 8 heteroatoms. The maximum absolute atomic E-state index is 14.6. The van der Waals surface area contributed by atoms with Crippen LogP contribution >= 0.6 is 35.7 Å². The van der Waals surface area contributed by atoms with Crippen LogP contribution in [0.1, 0.15) is 22.3 Å². The molecular formula is C33H17N3O2S3. The molecule has 0 unspecified atom stereocenters. The number of ketones is 2. The third kappa shape index (κ3) is 5.73. The highest BCUT2D eigenvalue weighted by atomic mass is 32.2. The molecule has 41 heavy (non-hydrogen) atoms. The van der Waals surface area contributed by atoms with Gasteiger partial charge in [-0.15, -0.1) is 0 Å². The molecule has 0 aliphatic heterocycles. The van der Waals surface area contributed by atoms with Crippen LogP contribution in [0, 0.1) is 21.3 Å². The van der Waals surface area contributed by atoms with Gasteiger partial charge in [0.25, 0.3) is 0 Å². The first-order valence-corrected chi connectivity index (χ1v) is 14.2. The molecule has 0 bridgehead atoms. The van der Waals surface area contributed by atoms with Gasteiger partial charge in [-0.1, -0.05) is 66.7 Å². The Hall–Kier alpha value is -4.82. The van der Waals surface area contributed by atoms with Gasteiger partial charge in [-0.25, -0.2) is 0 Å². The SMILES string of the molecule is N#CSc1ccc(C2=C(c3ccc(SC#N)cc3)C(=O)C(c3ccc(N=C=S)cc3)=C(c3ccccc3)C2=O)cc1. The van der Waals surface area contributed by atoms with Gasteiger partial charge < -0.3 is 0 Å². The Morgan fingerprint density at radius 1 is 0.537 bits per heavy atom. The van der Waals surface area contributed by atoms with E-state index in [1.54, 1.807) is 72.8 Å². The highest BCUT2D eigenvalue weighted by molar-refractivity contribution is 8.04. The third-order valence-electron chi connectivity index (χ3n) is 6.41. The quantitative estimate of drug-likeness (QED) is 0.0711. The Labute approximate surface area is 250 Å². The number of thioether (sulfide) groups is 2. The summed E-state index contributed by atoms with van der Waals surface area (Å²) >= 11 is 6.75. The summed E-state index contributed by atoms with van der Waals surface area (Å²) in [6, 6.07) is 30.1. The van der Waals surface area contributed by atoms with Crippen LogP contribution in [0.5, 0.6) is 0 Å². The van der Waals surface area contributed by atoms with E-state index in [2.05, 4.69) is 10.2 Å². The first kappa shape index (κ1) is 27.7. The number of hydrogen-bond donors (Lipinski definition) is 0. The van der Waals surface area contributed by atoms with Crippen LogP contribution < -0.4 is 0 Å². The highest BCUT2D eigenvalue weighted by Gasteiger charge is 2.37. The number of nitriles is 2. The molecule has 0 saturated carbocycles. The number of hydrogen-bond acceptors (Lipinski definition) is 8. The van der Waals surface area contributed by atoms with Crippen molar-refractivity contribution in [2.75, 3.05) is 0 Å². The fourth-order valence-corrected chi connectivity index (χ4v) is 5.51. The van der Waals surface area contributed by atoms with Crippen molar-refractivity contribution < 1.29 is 9.59 Å². The first-order valence-electron chi connectivity index (χ1n) is 12.2. The number of carbonyl (C=O) groups excluding carboxylic acids is 2. The van der Waals surface area contributed by atoms with Gasteiger partial charge in [0.1, 0.15) is 10.8 Å². The van der Waals surface area contributed by atoms with E-state index >= 15 is 0 Å². The van der Waals surface area contributed by atoms with E-state index in [0.717, 1.165) is 33.3 Å². The van der Waals surface area contributed by atoms with Crippen LogP contribution in [0.4, 0.5) is 5.69 Å². The van der Waals surface area contributed by atoms with Crippen molar-refractivity contribution in [2.24, 2.45) is 4.99 Å². The molecule has 4 aromatic rings. The third-order valence-corrected chi connectivity index (χ3v) is 7.70. The number of isothiocyanates is 1. The maximum Gasteiger partial charge on any atom is 0.195 e. The van der Waals surface area contributed by atoms with Crippen molar-refractivity contribution in [1.29, 1.82) is 10.5 Å². The number of allylic oxidation sites excluding steroid dienone is 4. The molecule has 0 aromatic heterocycles. The average molecular weight is 584 g/mol. The predicted molar refractivity (Wildman–Crippen MR) is 167 cm³/mol. The normalized spacial score (nSPS) is 12.9. The van der Waals surface area contributed by atoms with Gasteiger partial charge in [0.05, 0.1) is 10.8 Å². The van der Waals surface area contributed by atoms with Crippen LogP contribution in [0.2, 0.25) is 0 Å². The molecule has 0 fully saturated rings. The van der Waals surface area contributed by atoms with Crippen LogP contribution in [0.3, 0.4) is 0 Å². The van der Waals surface area contributed by atoms with Crippen LogP contribution in [0.15, 0.2) is 118 Å². The Morgan fingerprint density at radius 3 is 1.27 bits per heavy atom. The monoisotopic (exact) mass is 583 g/mol. The lowest BCUT2D eigenvalue weighted by molar-refractivity contribution is -0.111. The summed E-state index contributed by atoms with van der Waals surface area (Å²) in [5, 5.41) is 24.6. The summed E-state index contributed by atoms with van der Waals surface area (Å²) < 4.78 is 0. The van der Waals surface area contributed by atoms with Crippen LogP contribution in [-0.4, -0.2) is 16.7 Å². The molecule has 0 N–H and O–H groups in total. The minimum atomic E-state index is -0.305. The second-order valence-electron chi connectivity index (χ2n) is 8.71. The van der Waals surface area contributed by atoms with Crippen LogP contribution in [-0.2, 0) is 9.59 Å². The summed E-state index contributed by atoms with van der Waals surface area (Å²) in [6.07, 6.45) is 0. The summed E-state index contributed by atoms with van der Waals surface area (Å²) in [7, 11) is 0. The Morgan fingerprint density at radius 2 is 0.902 bits per heavy atom. The van der Waals surface area contributed by atoms with Crippen LogP contribution in [0.25, 0.3) is 22.3 Å². The lowest BCUT2D eigenvalue weighted by Crippen LogP contribution is -2.21. The molecule has 4 aromatic carbocycles. The average Bonchev–Trinajstić information content (AvgIpc) is 3.00. The Balaban J connectivity index is 1.78. The molecule has 5 nitrogen and oxygen atoms in total. The number of carbonyl (C=O) groups is 2. The van der Waals surface area contributed by atoms with E-state index in [9.17, 15) is 9.59 Å². The minimum Gasteiger partial charge on any atom is -0.289 e. The molecular weight excluding hydrogens is 567 g/mol. The lowest BCUT2D eigenvalue weighted by Gasteiger charge is -2.25. The van der Waals surface area contributed by atoms with E-state index < -0.39 is 0 Å². The molecule has 5 rings (SSSR count). The molecule has 0 atom stereocenters. The van der Waals surface area contributed by atoms with Crippen molar-refractivity contribution in [2.45, 2.75) is 9.79 Å². The fraction of sp³-hybridized carbons (Fsp3) is 0. The number of aliphatic imine (C=N–C) groups is 1. The summed E-state index contributed by atoms with van der Waals surface area (Å²) in [6.45, 7) is 0. The number of thiocyanates is 2. The smallest absolute Gasteiger partial charge is 0.195 e. The van der Waals surface area contributed by atoms with Gasteiger partial charge in [0.15, 0.2) is 11.6 Å². The molecule has 0 spiro atoms. The Bertz CT molecular complexity index is 1860. The van der Waals surface area contributed by atoms with Crippen molar-refractivity contribution >= 4 is 80.4 Å². The highest BCUT2D eigenvalue weighted by Crippen LogP contribution is 2.44. The molecule has 0 heterocycles. The van der Waals surface area contributed by atoms with E-state index in [-0.39, 0.29) is 28.3 Å². The summed E-state index contributed by atoms with van der Waals surface area (Å²) in [5.41, 5.74) is 4.01.